The van der Waals surface area contributed by atoms with Crippen LogP contribution in [0.2, 0.25) is 0 Å². The van der Waals surface area contributed by atoms with Gasteiger partial charge in [0.15, 0.2) is 11.2 Å². The molecule has 5 aromatic rings. The Hall–Kier alpha value is -4.40. The van der Waals surface area contributed by atoms with Crippen molar-refractivity contribution in [3.63, 3.8) is 0 Å². The van der Waals surface area contributed by atoms with Crippen LogP contribution in [0.25, 0.3) is 33.9 Å². The van der Waals surface area contributed by atoms with Crippen LogP contribution in [-0.4, -0.2) is 29.1 Å². The molecular weight excluding hydrogens is 410 g/mol. The van der Waals surface area contributed by atoms with Crippen LogP contribution >= 0.6 is 0 Å². The summed E-state index contributed by atoms with van der Waals surface area (Å²) in [6, 6.07) is 16.7. The van der Waals surface area contributed by atoms with Crippen LogP contribution in [0.4, 0.5) is 0 Å². The van der Waals surface area contributed by atoms with Crippen LogP contribution in [0.5, 0.6) is 5.75 Å². The van der Waals surface area contributed by atoms with Gasteiger partial charge in [0.2, 0.25) is 5.78 Å². The standard InChI is InChI=1S/C23H19N5O4/c1-14(29)32-17-11-9-16(10-12-17)28-18(15-7-5-4-6-8-15)13-27-19-20(24-22(27)28)25(2)23(31)26(3)21(19)30/h4-13H,1-3H3. The largest absolute Gasteiger partial charge is 0.427 e. The Bertz CT molecular complexity index is 1620. The molecule has 9 heteroatoms. The number of nitrogens with zero attached hydrogens (tertiary/aromatic N) is 5. The van der Waals surface area contributed by atoms with Crippen molar-refractivity contribution in [2.45, 2.75) is 6.92 Å². The molecule has 0 atom stereocenters. The topological polar surface area (TPSA) is 92.5 Å². The number of carbonyl (C=O) groups is 1. The normalized spacial score (nSPS) is 11.3. The number of esters is 1. The van der Waals surface area contributed by atoms with Crippen molar-refractivity contribution >= 4 is 22.9 Å². The van der Waals surface area contributed by atoms with E-state index >= 15 is 0 Å². The maximum Gasteiger partial charge on any atom is 0.332 e. The molecule has 32 heavy (non-hydrogen) atoms. The van der Waals surface area contributed by atoms with E-state index in [1.54, 1.807) is 35.7 Å². The predicted molar refractivity (Wildman–Crippen MR) is 119 cm³/mol. The second-order valence-corrected chi connectivity index (χ2v) is 7.46. The molecule has 5 rings (SSSR count). The van der Waals surface area contributed by atoms with Crippen molar-refractivity contribution in [3.05, 3.63) is 81.6 Å². The van der Waals surface area contributed by atoms with Crippen LogP contribution in [-0.2, 0) is 18.9 Å². The fourth-order valence-electron chi connectivity index (χ4n) is 3.87. The van der Waals surface area contributed by atoms with Crippen molar-refractivity contribution in [1.29, 1.82) is 0 Å². The molecule has 0 amide bonds. The van der Waals surface area contributed by atoms with Gasteiger partial charge in [0.05, 0.1) is 5.69 Å². The number of aromatic nitrogens is 5. The van der Waals surface area contributed by atoms with E-state index in [1.807, 2.05) is 41.1 Å². The third kappa shape index (κ3) is 2.86. The van der Waals surface area contributed by atoms with Gasteiger partial charge < -0.3 is 4.74 Å². The van der Waals surface area contributed by atoms with Gasteiger partial charge in [-0.05, 0) is 24.3 Å². The molecule has 9 nitrogen and oxygen atoms in total. The van der Waals surface area contributed by atoms with Gasteiger partial charge in [0.25, 0.3) is 5.56 Å². The van der Waals surface area contributed by atoms with E-state index in [9.17, 15) is 14.4 Å². The first-order valence-corrected chi connectivity index (χ1v) is 9.90. The summed E-state index contributed by atoms with van der Waals surface area (Å²) in [6.45, 7) is 1.35. The maximum absolute atomic E-state index is 12.9. The minimum absolute atomic E-state index is 0.304. The van der Waals surface area contributed by atoms with E-state index in [-0.39, 0.29) is 0 Å². The van der Waals surface area contributed by atoms with Gasteiger partial charge >= 0.3 is 11.7 Å². The second kappa shape index (κ2) is 7.09. The Morgan fingerprint density at radius 1 is 0.938 bits per heavy atom. The number of carbonyl (C=O) groups excluding carboxylic acids is 1. The first-order valence-electron chi connectivity index (χ1n) is 9.90. The first-order chi connectivity index (χ1) is 15.4. The van der Waals surface area contributed by atoms with E-state index < -0.39 is 17.2 Å². The Balaban J connectivity index is 1.86. The molecule has 0 aliphatic carbocycles. The summed E-state index contributed by atoms with van der Waals surface area (Å²) in [6.07, 6.45) is 1.84. The smallest absolute Gasteiger partial charge is 0.332 e. The predicted octanol–water partition coefficient (Wildman–Crippen LogP) is 2.27. The molecule has 3 aromatic heterocycles. The Morgan fingerprint density at radius 2 is 1.62 bits per heavy atom. The highest BCUT2D eigenvalue weighted by molar-refractivity contribution is 5.79. The molecule has 0 fully saturated rings. The van der Waals surface area contributed by atoms with Gasteiger partial charge in [0, 0.05) is 38.5 Å². The Morgan fingerprint density at radius 3 is 2.28 bits per heavy atom. The fourth-order valence-corrected chi connectivity index (χ4v) is 3.87. The van der Waals surface area contributed by atoms with Crippen molar-refractivity contribution in [1.82, 2.24) is 23.1 Å². The number of rotatable bonds is 3. The number of ether oxygens (including phenoxy) is 1. The number of fused-ring (bicyclic) bond motifs is 3. The Kier molecular flexibility index (Phi) is 4.33. The molecule has 0 saturated heterocycles. The van der Waals surface area contributed by atoms with Crippen LogP contribution in [0.1, 0.15) is 6.92 Å². The summed E-state index contributed by atoms with van der Waals surface area (Å²) in [7, 11) is 3.04. The zero-order chi connectivity index (χ0) is 22.6. The molecule has 0 spiro atoms. The Labute approximate surface area is 181 Å². The van der Waals surface area contributed by atoms with E-state index in [1.165, 1.54) is 18.5 Å². The van der Waals surface area contributed by atoms with Crippen LogP contribution in [0, 0.1) is 0 Å². The van der Waals surface area contributed by atoms with Gasteiger partial charge in [0.1, 0.15) is 5.75 Å². The van der Waals surface area contributed by atoms with Crippen molar-refractivity contribution in [2.75, 3.05) is 0 Å². The molecule has 0 radical (unpaired) electrons. The van der Waals surface area contributed by atoms with Gasteiger partial charge in [-0.2, -0.15) is 4.98 Å². The lowest BCUT2D eigenvalue weighted by Gasteiger charge is -2.10. The highest BCUT2D eigenvalue weighted by Crippen LogP contribution is 2.29. The van der Waals surface area contributed by atoms with E-state index in [4.69, 9.17) is 4.74 Å². The summed E-state index contributed by atoms with van der Waals surface area (Å²) in [5, 5.41) is 0. The van der Waals surface area contributed by atoms with Crippen molar-refractivity contribution in [2.24, 2.45) is 14.1 Å². The number of benzene rings is 2. The SMILES string of the molecule is CC(=O)Oc1ccc(-n2c(-c3ccccc3)cn3c4c(=O)n(C)c(=O)n(C)c4nc23)cc1. The molecule has 0 N–H and O–H groups in total. The zero-order valence-corrected chi connectivity index (χ0v) is 17.6. The van der Waals surface area contributed by atoms with E-state index in [0.717, 1.165) is 21.5 Å². The molecular formula is C23H19N5O4. The first kappa shape index (κ1) is 19.6. The summed E-state index contributed by atoms with van der Waals surface area (Å²) < 4.78 is 11.2. The van der Waals surface area contributed by atoms with E-state index in [0.29, 0.717) is 22.7 Å². The zero-order valence-electron chi connectivity index (χ0n) is 17.6. The number of aryl methyl sites for hydroxylation is 1. The maximum atomic E-state index is 12.9. The number of imidazole rings is 2. The molecule has 0 unspecified atom stereocenters. The molecule has 0 saturated carbocycles. The molecule has 160 valence electrons. The van der Waals surface area contributed by atoms with Crippen LogP contribution < -0.4 is 16.0 Å². The highest BCUT2D eigenvalue weighted by atomic mass is 16.5. The highest BCUT2D eigenvalue weighted by Gasteiger charge is 2.21. The molecule has 0 aliphatic rings. The van der Waals surface area contributed by atoms with Gasteiger partial charge in [-0.15, -0.1) is 0 Å². The average molecular weight is 429 g/mol. The minimum atomic E-state index is -0.441. The third-order valence-electron chi connectivity index (χ3n) is 5.39. The monoisotopic (exact) mass is 429 g/mol. The van der Waals surface area contributed by atoms with Gasteiger partial charge in [-0.25, -0.2) is 4.79 Å². The molecule has 0 aliphatic heterocycles. The number of hydrogen-bond donors (Lipinski definition) is 0. The lowest BCUT2D eigenvalue weighted by atomic mass is 10.1. The lowest BCUT2D eigenvalue weighted by molar-refractivity contribution is -0.131. The average Bonchev–Trinajstić information content (AvgIpc) is 3.33. The van der Waals surface area contributed by atoms with Crippen LogP contribution in [0.3, 0.4) is 0 Å². The van der Waals surface area contributed by atoms with Crippen LogP contribution in [0.15, 0.2) is 70.4 Å². The summed E-state index contributed by atoms with van der Waals surface area (Å²) in [4.78, 5) is 41.3. The fraction of sp³-hybridized carbons (Fsp3) is 0.130. The molecule has 2 aromatic carbocycles. The van der Waals surface area contributed by atoms with Crippen molar-refractivity contribution < 1.29 is 9.53 Å². The van der Waals surface area contributed by atoms with Gasteiger partial charge in [-0.3, -0.25) is 27.7 Å². The number of hydrogen-bond acceptors (Lipinski definition) is 5. The second-order valence-electron chi connectivity index (χ2n) is 7.46. The lowest BCUT2D eigenvalue weighted by Crippen LogP contribution is -2.37. The summed E-state index contributed by atoms with van der Waals surface area (Å²) in [5.74, 6) is 0.509. The molecule has 0 bridgehead atoms. The minimum Gasteiger partial charge on any atom is -0.427 e. The van der Waals surface area contributed by atoms with Crippen molar-refractivity contribution in [3.8, 4) is 22.7 Å². The third-order valence-corrected chi connectivity index (χ3v) is 5.39. The quantitative estimate of drug-likeness (QED) is 0.324. The summed E-state index contributed by atoms with van der Waals surface area (Å²) in [5.41, 5.74) is 2.26. The van der Waals surface area contributed by atoms with Gasteiger partial charge in [-0.1, -0.05) is 30.3 Å². The molecule has 3 heterocycles. The van der Waals surface area contributed by atoms with E-state index in [2.05, 4.69) is 4.98 Å². The summed E-state index contributed by atoms with van der Waals surface area (Å²) >= 11 is 0.